The summed E-state index contributed by atoms with van der Waals surface area (Å²) in [5.74, 6) is -0.128. The van der Waals surface area contributed by atoms with Gasteiger partial charge in [0.05, 0.1) is 15.7 Å². The van der Waals surface area contributed by atoms with Crippen LogP contribution >= 0.6 is 11.8 Å². The summed E-state index contributed by atoms with van der Waals surface area (Å²) in [5, 5.41) is -0.360. The van der Waals surface area contributed by atoms with Crippen molar-refractivity contribution >= 4 is 27.7 Å². The number of halogens is 3. The minimum absolute atomic E-state index is 0.0526. The number of amides is 1. The molecule has 1 atom stereocenters. The highest BCUT2D eigenvalue weighted by Gasteiger charge is 2.40. The van der Waals surface area contributed by atoms with Crippen LogP contribution in [0.15, 0.2) is 64.4 Å². The molecule has 162 valence electrons. The van der Waals surface area contributed by atoms with Crippen molar-refractivity contribution in [2.24, 2.45) is 0 Å². The number of nitrogens with zero attached hydrogens (tertiary/aromatic N) is 2. The van der Waals surface area contributed by atoms with Gasteiger partial charge in [0.25, 0.3) is 0 Å². The van der Waals surface area contributed by atoms with Crippen molar-refractivity contribution in [3.05, 3.63) is 60.2 Å². The summed E-state index contributed by atoms with van der Waals surface area (Å²) in [5.41, 5.74) is -1.18. The third-order valence-electron chi connectivity index (χ3n) is 4.76. The van der Waals surface area contributed by atoms with E-state index >= 15 is 0 Å². The summed E-state index contributed by atoms with van der Waals surface area (Å²) in [6, 6.07) is 13.6. The van der Waals surface area contributed by atoms with E-state index < -0.39 is 26.7 Å². The van der Waals surface area contributed by atoms with Crippen molar-refractivity contribution in [2.45, 2.75) is 28.1 Å². The van der Waals surface area contributed by atoms with Crippen LogP contribution in [0.25, 0.3) is 0 Å². The van der Waals surface area contributed by atoms with Crippen LogP contribution in [-0.4, -0.2) is 55.0 Å². The molecule has 0 saturated carbocycles. The zero-order valence-corrected chi connectivity index (χ0v) is 17.8. The Labute approximate surface area is 177 Å². The fourth-order valence-electron chi connectivity index (χ4n) is 3.22. The number of carbonyl (C=O) groups is 1. The van der Waals surface area contributed by atoms with Crippen LogP contribution in [0.3, 0.4) is 0 Å². The van der Waals surface area contributed by atoms with Gasteiger partial charge in [0.15, 0.2) is 0 Å². The molecule has 0 aliphatic carbocycles. The molecule has 0 bridgehead atoms. The lowest BCUT2D eigenvalue weighted by molar-refractivity contribution is -0.139. The second-order valence-corrected chi connectivity index (χ2v) is 10.1. The molecule has 2 aromatic rings. The molecule has 10 heteroatoms. The van der Waals surface area contributed by atoms with Gasteiger partial charge in [-0.25, -0.2) is 8.42 Å². The summed E-state index contributed by atoms with van der Waals surface area (Å²) in [6.07, 6.45) is -4.77. The first-order valence-corrected chi connectivity index (χ1v) is 11.6. The maximum atomic E-state index is 13.2. The Balaban J connectivity index is 1.67. The van der Waals surface area contributed by atoms with Gasteiger partial charge >= 0.3 is 6.18 Å². The first-order chi connectivity index (χ1) is 14.1. The molecular formula is C20H21F3N2O3S2. The van der Waals surface area contributed by atoms with E-state index in [1.54, 1.807) is 11.8 Å². The molecule has 5 nitrogen and oxygen atoms in total. The molecule has 1 saturated heterocycles. The van der Waals surface area contributed by atoms with Crippen LogP contribution < -0.4 is 0 Å². The number of piperazine rings is 1. The third-order valence-corrected chi connectivity index (χ3v) is 7.82. The fraction of sp³-hybridized carbons (Fsp3) is 0.350. The van der Waals surface area contributed by atoms with Gasteiger partial charge < -0.3 is 4.90 Å². The standard InChI is InChI=1S/C20H21F3N2O3S2/c1-15(29-16-7-3-2-4-8-16)19(26)24-11-13-25(14-12-24)30(27,28)18-10-6-5-9-17(18)20(21,22)23/h2-10,15H,11-14H2,1H3/t15-/m1/s1. The molecule has 1 heterocycles. The smallest absolute Gasteiger partial charge is 0.339 e. The Morgan fingerprint density at radius 3 is 2.13 bits per heavy atom. The number of rotatable bonds is 5. The van der Waals surface area contributed by atoms with E-state index in [0.29, 0.717) is 0 Å². The van der Waals surface area contributed by atoms with Gasteiger partial charge in [-0.2, -0.15) is 17.5 Å². The molecule has 2 aromatic carbocycles. The maximum Gasteiger partial charge on any atom is 0.417 e. The Hall–Kier alpha value is -2.04. The molecule has 0 radical (unpaired) electrons. The molecule has 1 aliphatic heterocycles. The number of hydrogen-bond donors (Lipinski definition) is 0. The molecule has 30 heavy (non-hydrogen) atoms. The van der Waals surface area contributed by atoms with Crippen molar-refractivity contribution in [2.75, 3.05) is 26.2 Å². The van der Waals surface area contributed by atoms with E-state index in [1.165, 1.54) is 17.8 Å². The van der Waals surface area contributed by atoms with Gasteiger partial charge in [0.1, 0.15) is 0 Å². The van der Waals surface area contributed by atoms with Crippen LogP contribution in [0.5, 0.6) is 0 Å². The fourth-order valence-corrected chi connectivity index (χ4v) is 5.83. The molecule has 1 aliphatic rings. The summed E-state index contributed by atoms with van der Waals surface area (Å²) < 4.78 is 66.4. The molecular weight excluding hydrogens is 437 g/mol. The van der Waals surface area contributed by atoms with Gasteiger partial charge in [-0.15, -0.1) is 11.8 Å². The van der Waals surface area contributed by atoms with Crippen molar-refractivity contribution in [1.82, 2.24) is 9.21 Å². The number of alkyl halides is 3. The van der Waals surface area contributed by atoms with Gasteiger partial charge in [-0.1, -0.05) is 30.3 Å². The van der Waals surface area contributed by atoms with Crippen LogP contribution in [0, 0.1) is 0 Å². The number of benzene rings is 2. The van der Waals surface area contributed by atoms with E-state index in [9.17, 15) is 26.4 Å². The van der Waals surface area contributed by atoms with Crippen molar-refractivity contribution in [1.29, 1.82) is 0 Å². The second-order valence-electron chi connectivity index (χ2n) is 6.80. The first kappa shape index (κ1) is 22.6. The highest BCUT2D eigenvalue weighted by atomic mass is 32.2. The SMILES string of the molecule is C[C@@H](Sc1ccccc1)C(=O)N1CCN(S(=O)(=O)c2ccccc2C(F)(F)F)CC1. The Bertz CT molecular complexity index is 990. The number of carbonyl (C=O) groups excluding carboxylic acids is 1. The second kappa shape index (κ2) is 8.99. The summed E-state index contributed by atoms with van der Waals surface area (Å²) in [6.45, 7) is 1.94. The normalized spacial score (nSPS) is 17.0. The quantitative estimate of drug-likeness (QED) is 0.641. The summed E-state index contributed by atoms with van der Waals surface area (Å²) >= 11 is 1.41. The number of hydrogen-bond acceptors (Lipinski definition) is 4. The average Bonchev–Trinajstić information content (AvgIpc) is 2.73. The minimum atomic E-state index is -4.77. The highest BCUT2D eigenvalue weighted by molar-refractivity contribution is 8.00. The van der Waals surface area contributed by atoms with Crippen molar-refractivity contribution in [3.63, 3.8) is 0 Å². The molecule has 1 fully saturated rings. The third kappa shape index (κ3) is 4.98. The van der Waals surface area contributed by atoms with E-state index in [-0.39, 0.29) is 37.3 Å². The lowest BCUT2D eigenvalue weighted by Crippen LogP contribution is -2.52. The molecule has 0 N–H and O–H groups in total. The van der Waals surface area contributed by atoms with Crippen molar-refractivity contribution in [3.8, 4) is 0 Å². The number of thioether (sulfide) groups is 1. The lowest BCUT2D eigenvalue weighted by Gasteiger charge is -2.35. The van der Waals surface area contributed by atoms with Gasteiger partial charge in [-0.3, -0.25) is 4.79 Å². The van der Waals surface area contributed by atoms with E-state index in [1.807, 2.05) is 30.3 Å². The van der Waals surface area contributed by atoms with E-state index in [0.717, 1.165) is 27.4 Å². The van der Waals surface area contributed by atoms with Gasteiger partial charge in [-0.05, 0) is 31.2 Å². The van der Waals surface area contributed by atoms with Crippen LogP contribution in [0.2, 0.25) is 0 Å². The Kier molecular flexibility index (Phi) is 6.78. The molecule has 1 amide bonds. The molecule has 0 unspecified atom stereocenters. The molecule has 0 spiro atoms. The molecule has 3 rings (SSSR count). The zero-order valence-electron chi connectivity index (χ0n) is 16.2. The van der Waals surface area contributed by atoms with Crippen molar-refractivity contribution < 1.29 is 26.4 Å². The van der Waals surface area contributed by atoms with E-state index in [2.05, 4.69) is 0 Å². The Morgan fingerprint density at radius 2 is 1.53 bits per heavy atom. The van der Waals surface area contributed by atoms with Gasteiger partial charge in [0, 0.05) is 31.1 Å². The van der Waals surface area contributed by atoms with Crippen LogP contribution in [0.4, 0.5) is 13.2 Å². The topological polar surface area (TPSA) is 57.7 Å². The predicted molar refractivity (Wildman–Crippen MR) is 109 cm³/mol. The maximum absolute atomic E-state index is 13.2. The minimum Gasteiger partial charge on any atom is -0.339 e. The average molecular weight is 459 g/mol. The van der Waals surface area contributed by atoms with Crippen LogP contribution in [-0.2, 0) is 21.0 Å². The largest absolute Gasteiger partial charge is 0.417 e. The summed E-state index contributed by atoms with van der Waals surface area (Å²) in [7, 11) is -4.32. The van der Waals surface area contributed by atoms with Crippen LogP contribution in [0.1, 0.15) is 12.5 Å². The monoisotopic (exact) mass is 458 g/mol. The lowest BCUT2D eigenvalue weighted by atomic mass is 10.2. The highest BCUT2D eigenvalue weighted by Crippen LogP contribution is 2.35. The first-order valence-electron chi connectivity index (χ1n) is 9.27. The number of sulfonamides is 1. The zero-order chi connectivity index (χ0) is 21.9. The summed E-state index contributed by atoms with van der Waals surface area (Å²) in [4.78, 5) is 14.4. The predicted octanol–water partition coefficient (Wildman–Crippen LogP) is 3.72. The Morgan fingerprint density at radius 1 is 0.967 bits per heavy atom. The molecule has 0 aromatic heterocycles. The van der Waals surface area contributed by atoms with E-state index in [4.69, 9.17) is 0 Å². The van der Waals surface area contributed by atoms with Gasteiger partial charge in [0.2, 0.25) is 15.9 Å².